The predicted molar refractivity (Wildman–Crippen MR) is 98.7 cm³/mol. The molecule has 2 amide bonds. The molecule has 0 bridgehead atoms. The Labute approximate surface area is 145 Å². The molecule has 1 aliphatic heterocycles. The van der Waals surface area contributed by atoms with E-state index < -0.39 is 0 Å². The second-order valence-corrected chi connectivity index (χ2v) is 6.67. The van der Waals surface area contributed by atoms with Crippen molar-refractivity contribution in [3.8, 4) is 0 Å². The first-order valence-corrected chi connectivity index (χ1v) is 8.48. The van der Waals surface area contributed by atoms with E-state index in [-0.39, 0.29) is 17.8 Å². The fourth-order valence-electron chi connectivity index (χ4n) is 2.51. The summed E-state index contributed by atoms with van der Waals surface area (Å²) in [5, 5.41) is 2.92. The van der Waals surface area contributed by atoms with Crippen LogP contribution in [-0.4, -0.2) is 22.7 Å². The Balaban J connectivity index is 1.72. The molecule has 0 radical (unpaired) electrons. The second kappa shape index (κ2) is 6.93. The molecule has 1 fully saturated rings. The van der Waals surface area contributed by atoms with Crippen molar-refractivity contribution in [1.82, 2.24) is 4.90 Å². The first-order chi connectivity index (χ1) is 11.5. The number of thioether (sulfide) groups is 1. The SMILES string of the molecule is Cc1ccc(NCN2C(=O)S/C(=C/c3ccccc3)C2=O)c(C)c1. The van der Waals surface area contributed by atoms with Crippen LogP contribution in [0.1, 0.15) is 16.7 Å². The maximum absolute atomic E-state index is 12.5. The molecule has 1 heterocycles. The smallest absolute Gasteiger partial charge is 0.295 e. The molecule has 2 aromatic carbocycles. The van der Waals surface area contributed by atoms with Gasteiger partial charge in [0.05, 0.1) is 11.6 Å². The third-order valence-electron chi connectivity index (χ3n) is 3.78. The Kier molecular flexibility index (Phi) is 4.71. The molecular formula is C19H18N2O2S. The van der Waals surface area contributed by atoms with E-state index in [0.29, 0.717) is 4.91 Å². The number of hydrogen-bond acceptors (Lipinski definition) is 4. The number of amides is 2. The van der Waals surface area contributed by atoms with Gasteiger partial charge in [0.15, 0.2) is 0 Å². The molecule has 5 heteroatoms. The third-order valence-corrected chi connectivity index (χ3v) is 4.69. The molecule has 1 aliphatic rings. The normalized spacial score (nSPS) is 16.1. The van der Waals surface area contributed by atoms with Crippen molar-refractivity contribution in [3.05, 3.63) is 70.1 Å². The van der Waals surface area contributed by atoms with E-state index in [1.54, 1.807) is 6.08 Å². The molecule has 1 N–H and O–H groups in total. The van der Waals surface area contributed by atoms with E-state index in [4.69, 9.17) is 0 Å². The van der Waals surface area contributed by atoms with Gasteiger partial charge in [0.1, 0.15) is 0 Å². The van der Waals surface area contributed by atoms with Crippen molar-refractivity contribution in [2.75, 3.05) is 12.0 Å². The van der Waals surface area contributed by atoms with E-state index >= 15 is 0 Å². The van der Waals surface area contributed by atoms with Crippen molar-refractivity contribution >= 4 is 34.7 Å². The zero-order valence-corrected chi connectivity index (χ0v) is 14.4. The molecule has 1 saturated heterocycles. The van der Waals surface area contributed by atoms with Crippen molar-refractivity contribution in [2.45, 2.75) is 13.8 Å². The second-order valence-electron chi connectivity index (χ2n) is 5.67. The number of aryl methyl sites for hydroxylation is 2. The van der Waals surface area contributed by atoms with E-state index in [9.17, 15) is 9.59 Å². The van der Waals surface area contributed by atoms with Crippen molar-refractivity contribution in [1.29, 1.82) is 0 Å². The first-order valence-electron chi connectivity index (χ1n) is 7.66. The highest BCUT2D eigenvalue weighted by Crippen LogP contribution is 2.32. The van der Waals surface area contributed by atoms with Crippen molar-refractivity contribution in [2.24, 2.45) is 0 Å². The number of rotatable bonds is 4. The van der Waals surface area contributed by atoms with Crippen LogP contribution in [0.5, 0.6) is 0 Å². The van der Waals surface area contributed by atoms with Crippen LogP contribution in [0.15, 0.2) is 53.4 Å². The number of hydrogen-bond donors (Lipinski definition) is 1. The number of anilines is 1. The van der Waals surface area contributed by atoms with E-state index in [1.807, 2.05) is 56.3 Å². The summed E-state index contributed by atoms with van der Waals surface area (Å²) in [7, 11) is 0. The monoisotopic (exact) mass is 338 g/mol. The summed E-state index contributed by atoms with van der Waals surface area (Å²) < 4.78 is 0. The molecule has 0 saturated carbocycles. The minimum absolute atomic E-state index is 0.167. The number of imide groups is 1. The average molecular weight is 338 g/mol. The summed E-state index contributed by atoms with van der Waals surface area (Å²) in [4.78, 5) is 26.3. The van der Waals surface area contributed by atoms with E-state index in [0.717, 1.165) is 28.6 Å². The molecule has 4 nitrogen and oxygen atoms in total. The van der Waals surface area contributed by atoms with Crippen LogP contribution in [0, 0.1) is 13.8 Å². The van der Waals surface area contributed by atoms with Gasteiger partial charge in [-0.05, 0) is 48.9 Å². The topological polar surface area (TPSA) is 49.4 Å². The minimum Gasteiger partial charge on any atom is -0.367 e. The lowest BCUT2D eigenvalue weighted by molar-refractivity contribution is -0.122. The molecule has 24 heavy (non-hydrogen) atoms. The Morgan fingerprint density at radius 2 is 1.83 bits per heavy atom. The van der Waals surface area contributed by atoms with Crippen LogP contribution in [0.4, 0.5) is 10.5 Å². The van der Waals surface area contributed by atoms with Gasteiger partial charge in [-0.3, -0.25) is 14.5 Å². The molecule has 0 atom stereocenters. The number of carbonyl (C=O) groups is 2. The van der Waals surface area contributed by atoms with Gasteiger partial charge in [0.2, 0.25) is 0 Å². The molecule has 0 aliphatic carbocycles. The Bertz CT molecular complexity index is 815. The van der Waals surface area contributed by atoms with Gasteiger partial charge in [0, 0.05) is 5.69 Å². The maximum atomic E-state index is 12.5. The van der Waals surface area contributed by atoms with Gasteiger partial charge in [-0.1, -0.05) is 48.0 Å². The van der Waals surface area contributed by atoms with Gasteiger partial charge in [0.25, 0.3) is 11.1 Å². The van der Waals surface area contributed by atoms with Crippen LogP contribution in [0.3, 0.4) is 0 Å². The van der Waals surface area contributed by atoms with Crippen LogP contribution < -0.4 is 5.32 Å². The zero-order valence-electron chi connectivity index (χ0n) is 13.6. The first kappa shape index (κ1) is 16.3. The van der Waals surface area contributed by atoms with Crippen LogP contribution in [-0.2, 0) is 4.79 Å². The van der Waals surface area contributed by atoms with Crippen LogP contribution in [0.25, 0.3) is 6.08 Å². The molecule has 3 rings (SSSR count). The molecule has 2 aromatic rings. The van der Waals surface area contributed by atoms with Crippen molar-refractivity contribution in [3.63, 3.8) is 0 Å². The molecular weight excluding hydrogens is 320 g/mol. The minimum atomic E-state index is -0.258. The van der Waals surface area contributed by atoms with E-state index in [2.05, 4.69) is 11.4 Å². The molecule has 0 spiro atoms. The van der Waals surface area contributed by atoms with Gasteiger partial charge in [-0.2, -0.15) is 0 Å². The Hall–Kier alpha value is -2.53. The largest absolute Gasteiger partial charge is 0.367 e. The third kappa shape index (κ3) is 3.51. The summed E-state index contributed by atoms with van der Waals surface area (Å²) in [6.45, 7) is 4.20. The van der Waals surface area contributed by atoms with Crippen LogP contribution >= 0.6 is 11.8 Å². The lowest BCUT2D eigenvalue weighted by Gasteiger charge is -2.16. The predicted octanol–water partition coefficient (Wildman–Crippen LogP) is 4.41. The fraction of sp³-hybridized carbons (Fsp3) is 0.158. The summed E-state index contributed by atoms with van der Waals surface area (Å²) in [6, 6.07) is 15.5. The number of nitrogens with zero attached hydrogens (tertiary/aromatic N) is 1. The lowest BCUT2D eigenvalue weighted by atomic mass is 10.1. The van der Waals surface area contributed by atoms with Gasteiger partial charge in [-0.25, -0.2) is 0 Å². The number of benzene rings is 2. The average Bonchev–Trinajstić information content (AvgIpc) is 2.82. The summed E-state index contributed by atoms with van der Waals surface area (Å²) in [5.41, 5.74) is 4.09. The fourth-order valence-corrected chi connectivity index (χ4v) is 3.35. The molecule has 0 unspecified atom stereocenters. The van der Waals surface area contributed by atoms with Gasteiger partial charge in [-0.15, -0.1) is 0 Å². The zero-order chi connectivity index (χ0) is 17.1. The molecule has 122 valence electrons. The van der Waals surface area contributed by atoms with Gasteiger partial charge >= 0.3 is 0 Å². The summed E-state index contributed by atoms with van der Waals surface area (Å²) >= 11 is 0.977. The highest BCUT2D eigenvalue weighted by molar-refractivity contribution is 8.18. The Morgan fingerprint density at radius 1 is 1.08 bits per heavy atom. The molecule has 0 aromatic heterocycles. The van der Waals surface area contributed by atoms with E-state index in [1.165, 1.54) is 10.5 Å². The summed E-state index contributed by atoms with van der Waals surface area (Å²) in [5.74, 6) is -0.258. The summed E-state index contributed by atoms with van der Waals surface area (Å²) in [6.07, 6.45) is 1.75. The standard InChI is InChI=1S/C19H18N2O2S/c1-13-8-9-16(14(2)10-13)20-12-21-18(22)17(24-19(21)23)11-15-6-4-3-5-7-15/h3-11,20H,12H2,1-2H3/b17-11+. The van der Waals surface area contributed by atoms with Crippen molar-refractivity contribution < 1.29 is 9.59 Å². The highest BCUT2D eigenvalue weighted by atomic mass is 32.2. The highest BCUT2D eigenvalue weighted by Gasteiger charge is 2.34. The Morgan fingerprint density at radius 3 is 2.54 bits per heavy atom. The number of carbonyl (C=O) groups excluding carboxylic acids is 2. The maximum Gasteiger partial charge on any atom is 0.295 e. The van der Waals surface area contributed by atoms with Gasteiger partial charge < -0.3 is 5.32 Å². The quantitative estimate of drug-likeness (QED) is 0.839. The lowest BCUT2D eigenvalue weighted by Crippen LogP contribution is -2.33. The number of nitrogens with one attached hydrogen (secondary N) is 1. The van der Waals surface area contributed by atoms with Crippen LogP contribution in [0.2, 0.25) is 0 Å².